The molecule has 3 heterocycles. The molecule has 14 nitrogen and oxygen atoms in total. The van der Waals surface area contributed by atoms with Crippen molar-refractivity contribution in [1.82, 2.24) is 26.2 Å². The second-order valence-electron chi connectivity index (χ2n) is 15.1. The molecule has 0 spiro atoms. The van der Waals surface area contributed by atoms with Crippen LogP contribution in [-0.2, 0) is 18.9 Å². The number of amides is 5. The number of unbranched alkanes of at least 4 members (excludes halogenated alkanes) is 1. The van der Waals surface area contributed by atoms with Crippen LogP contribution in [0, 0.1) is 11.8 Å². The fraction of sp³-hybridized carbons (Fsp3) is 0.590. The zero-order valence-electron chi connectivity index (χ0n) is 32.6. The summed E-state index contributed by atoms with van der Waals surface area (Å²) in [7, 11) is -1.11. The van der Waals surface area contributed by atoms with E-state index in [9.17, 15) is 23.7 Å². The molecule has 5 rings (SSSR count). The maximum Gasteiger partial charge on any atom is 0.452 e. The van der Waals surface area contributed by atoms with E-state index in [0.717, 1.165) is 18.6 Å². The summed E-state index contributed by atoms with van der Waals surface area (Å²) in [6.07, 6.45) is 3.90. The van der Waals surface area contributed by atoms with Crippen LogP contribution in [0.15, 0.2) is 48.5 Å². The van der Waals surface area contributed by atoms with E-state index in [1.807, 2.05) is 39.5 Å². The fourth-order valence-electron chi connectivity index (χ4n) is 7.20. The zero-order chi connectivity index (χ0) is 39.7. The molecule has 5 amide bonds. The average molecular weight is 802 g/mol. The molecule has 302 valence electrons. The third kappa shape index (κ3) is 11.0. The normalized spacial score (nSPS) is 21.7. The SMILES string of the molecule is COc1ccc(OP(=O)(Oc2ccc(OC)cc2)C(CC(C)C)NC(=O)C2CCCN2C(=O)C(NC(=O)CCCCC2SCC3NC(=O)NC32)C(C)C)cc1. The monoisotopic (exact) mass is 801 g/mol. The van der Waals surface area contributed by atoms with Crippen LogP contribution in [-0.4, -0.2) is 90.4 Å². The second-order valence-corrected chi connectivity index (χ2v) is 18.4. The van der Waals surface area contributed by atoms with Crippen molar-refractivity contribution < 1.29 is 42.3 Å². The van der Waals surface area contributed by atoms with Crippen molar-refractivity contribution in [1.29, 1.82) is 0 Å². The van der Waals surface area contributed by atoms with E-state index >= 15 is 0 Å². The number of thioether (sulfide) groups is 1. The Kier molecular flexibility index (Phi) is 14.7. The molecule has 3 aliphatic heterocycles. The van der Waals surface area contributed by atoms with Crippen LogP contribution in [0.25, 0.3) is 0 Å². The van der Waals surface area contributed by atoms with E-state index in [1.54, 1.807) is 62.8 Å². The van der Waals surface area contributed by atoms with Crippen LogP contribution >= 0.6 is 19.4 Å². The largest absolute Gasteiger partial charge is 0.497 e. The van der Waals surface area contributed by atoms with Gasteiger partial charge in [-0.25, -0.2) is 9.36 Å². The maximum absolute atomic E-state index is 15.0. The lowest BCUT2D eigenvalue weighted by Gasteiger charge is -2.33. The van der Waals surface area contributed by atoms with E-state index in [2.05, 4.69) is 21.3 Å². The molecule has 16 heteroatoms. The van der Waals surface area contributed by atoms with Crippen molar-refractivity contribution in [2.45, 2.75) is 108 Å². The summed E-state index contributed by atoms with van der Waals surface area (Å²) in [4.78, 5) is 54.6. The molecule has 55 heavy (non-hydrogen) atoms. The van der Waals surface area contributed by atoms with Gasteiger partial charge in [0.15, 0.2) is 5.78 Å². The van der Waals surface area contributed by atoms with Gasteiger partial charge in [-0.3, -0.25) is 14.4 Å². The van der Waals surface area contributed by atoms with Gasteiger partial charge in [0, 0.05) is 24.0 Å². The van der Waals surface area contributed by atoms with Gasteiger partial charge in [-0.1, -0.05) is 34.1 Å². The quantitative estimate of drug-likeness (QED) is 0.0785. The highest BCUT2D eigenvalue weighted by Gasteiger charge is 2.45. The first-order valence-corrected chi connectivity index (χ1v) is 21.8. The highest BCUT2D eigenvalue weighted by molar-refractivity contribution is 8.00. The van der Waals surface area contributed by atoms with Crippen LogP contribution in [0.1, 0.15) is 72.6 Å². The Bertz CT molecular complexity index is 1620. The molecule has 6 atom stereocenters. The van der Waals surface area contributed by atoms with E-state index in [0.29, 0.717) is 42.6 Å². The summed E-state index contributed by atoms with van der Waals surface area (Å²) < 4.78 is 37.8. The Morgan fingerprint density at radius 1 is 0.891 bits per heavy atom. The van der Waals surface area contributed by atoms with Gasteiger partial charge >= 0.3 is 13.6 Å². The number of fused-ring (bicyclic) bond motifs is 1. The first kappa shape index (κ1) is 42.1. The molecular weight excluding hydrogens is 745 g/mol. The number of methoxy groups -OCH3 is 2. The minimum Gasteiger partial charge on any atom is -0.497 e. The molecule has 2 aromatic rings. The minimum atomic E-state index is -4.19. The number of ether oxygens (including phenoxy) is 2. The molecule has 3 aliphatic rings. The number of rotatable bonds is 19. The lowest BCUT2D eigenvalue weighted by molar-refractivity contribution is -0.142. The molecule has 3 fully saturated rings. The van der Waals surface area contributed by atoms with E-state index < -0.39 is 31.4 Å². The zero-order valence-corrected chi connectivity index (χ0v) is 34.3. The highest BCUT2D eigenvalue weighted by atomic mass is 32.2. The molecule has 2 aromatic carbocycles. The summed E-state index contributed by atoms with van der Waals surface area (Å²) in [5.41, 5.74) is 0. The molecular formula is C39H56N5O9PS. The Morgan fingerprint density at radius 3 is 2.05 bits per heavy atom. The lowest BCUT2D eigenvalue weighted by Crippen LogP contribution is -2.56. The Morgan fingerprint density at radius 2 is 1.49 bits per heavy atom. The number of hydrogen-bond donors (Lipinski definition) is 4. The Balaban J connectivity index is 1.25. The molecule has 0 bridgehead atoms. The maximum atomic E-state index is 15.0. The number of likely N-dealkylation sites (tertiary alicyclic amines) is 1. The average Bonchev–Trinajstić information content (AvgIpc) is 3.89. The summed E-state index contributed by atoms with van der Waals surface area (Å²) in [5.74, 6) is 0.250. The molecule has 0 aromatic heterocycles. The summed E-state index contributed by atoms with van der Waals surface area (Å²) >= 11 is 1.84. The van der Waals surface area contributed by atoms with Crippen molar-refractivity contribution in [2.75, 3.05) is 26.5 Å². The van der Waals surface area contributed by atoms with E-state index in [4.69, 9.17) is 18.5 Å². The molecule has 6 unspecified atom stereocenters. The van der Waals surface area contributed by atoms with Gasteiger partial charge in [0.25, 0.3) is 0 Å². The van der Waals surface area contributed by atoms with Crippen molar-refractivity contribution in [3.05, 3.63) is 48.5 Å². The summed E-state index contributed by atoms with van der Waals surface area (Å²) in [5, 5.41) is 12.2. The van der Waals surface area contributed by atoms with Gasteiger partial charge in [-0.15, -0.1) is 0 Å². The van der Waals surface area contributed by atoms with Gasteiger partial charge in [-0.2, -0.15) is 11.8 Å². The van der Waals surface area contributed by atoms with Crippen molar-refractivity contribution >= 4 is 43.1 Å². The first-order valence-electron chi connectivity index (χ1n) is 19.2. The molecule has 0 aliphatic carbocycles. The predicted octanol–water partition coefficient (Wildman–Crippen LogP) is 5.70. The third-order valence-electron chi connectivity index (χ3n) is 10.1. The highest BCUT2D eigenvalue weighted by Crippen LogP contribution is 2.54. The molecule has 0 radical (unpaired) electrons. The van der Waals surface area contributed by atoms with Crippen LogP contribution < -0.4 is 39.8 Å². The molecule has 0 saturated carbocycles. The Hall–Kier alpha value is -4.10. The van der Waals surface area contributed by atoms with E-state index in [-0.39, 0.29) is 66.1 Å². The molecule has 3 saturated heterocycles. The minimum absolute atomic E-state index is 0.0196. The van der Waals surface area contributed by atoms with Crippen LogP contribution in [0.5, 0.6) is 23.0 Å². The van der Waals surface area contributed by atoms with Crippen molar-refractivity contribution in [3.8, 4) is 23.0 Å². The lowest BCUT2D eigenvalue weighted by atomic mass is 10.0. The van der Waals surface area contributed by atoms with Crippen molar-refractivity contribution in [3.63, 3.8) is 0 Å². The number of hydrogen-bond acceptors (Lipinski definition) is 10. The number of benzene rings is 2. The number of carbonyl (C=O) groups excluding carboxylic acids is 4. The third-order valence-corrected chi connectivity index (χ3v) is 13.7. The standard InChI is InChI=1S/C39H56N5O9PS/c1-24(2)22-34(54(49,52-28-17-13-26(50-5)14-18-28)53-29-19-15-27(51-6)16-20-29)42-37(46)31-10-9-21-44(31)38(47)35(25(3)4)41-33(45)12-8-7-11-32-36-30(23-55-32)40-39(48)43-36/h13-20,24-25,30-32,34-36H,7-12,21-23H2,1-6H3,(H,41,45)(H,42,46)(H2,40,43,48). The predicted molar refractivity (Wildman–Crippen MR) is 212 cm³/mol. The van der Waals surface area contributed by atoms with Crippen LogP contribution in [0.2, 0.25) is 0 Å². The second kappa shape index (κ2) is 19.2. The number of urea groups is 1. The van der Waals surface area contributed by atoms with Crippen LogP contribution in [0.4, 0.5) is 4.79 Å². The topological polar surface area (TPSA) is 174 Å². The van der Waals surface area contributed by atoms with Gasteiger partial charge < -0.3 is 44.7 Å². The van der Waals surface area contributed by atoms with Gasteiger partial charge in [0.1, 0.15) is 35.1 Å². The smallest absolute Gasteiger partial charge is 0.452 e. The van der Waals surface area contributed by atoms with Crippen LogP contribution in [0.3, 0.4) is 0 Å². The van der Waals surface area contributed by atoms with Crippen molar-refractivity contribution in [2.24, 2.45) is 11.8 Å². The fourth-order valence-corrected chi connectivity index (χ4v) is 10.8. The molecule has 4 N–H and O–H groups in total. The number of nitrogens with zero attached hydrogens (tertiary/aromatic N) is 1. The number of carbonyl (C=O) groups is 4. The summed E-state index contributed by atoms with van der Waals surface area (Å²) in [6.45, 7) is 7.98. The first-order chi connectivity index (χ1) is 26.3. The van der Waals surface area contributed by atoms with Gasteiger partial charge in [-0.05, 0) is 92.5 Å². The number of nitrogens with one attached hydrogen (secondary N) is 4. The van der Waals surface area contributed by atoms with Gasteiger partial charge in [0.2, 0.25) is 17.7 Å². The summed E-state index contributed by atoms with van der Waals surface area (Å²) in [6, 6.07) is 11.7. The van der Waals surface area contributed by atoms with Gasteiger partial charge in [0.05, 0.1) is 26.3 Å². The Labute approximate surface area is 328 Å². The van der Waals surface area contributed by atoms with E-state index in [1.165, 1.54) is 4.90 Å².